The summed E-state index contributed by atoms with van der Waals surface area (Å²) in [6.07, 6.45) is 5.43. The fraction of sp³-hybridized carbons (Fsp3) is 0.0612. The van der Waals surface area contributed by atoms with Gasteiger partial charge in [-0.25, -0.2) is 0 Å². The van der Waals surface area contributed by atoms with Crippen molar-refractivity contribution in [2.24, 2.45) is 0 Å². The molecule has 0 radical (unpaired) electrons. The SMILES string of the molecule is C=Cc1ccc(CC2(c3cccc(C)c3)c3ccccc3-c3ccc(N(c4cccc5ccccc45)c4ccc(-c5ccc(N(c6ccc7c(c6)C(Cc6ccc(C=C)cc6)(c6cccc(C)c6)c6ccccc6-7)c6cccc7ccccc67)c6ccccc56)c5ccccc45)cc32)cc1. The van der Waals surface area contributed by atoms with Crippen molar-refractivity contribution in [1.29, 1.82) is 0 Å². The van der Waals surface area contributed by atoms with Crippen LogP contribution in [0.15, 0.2) is 353 Å². The summed E-state index contributed by atoms with van der Waals surface area (Å²) in [6.45, 7) is 12.7. The summed E-state index contributed by atoms with van der Waals surface area (Å²) in [5.74, 6) is 0. The molecule has 0 spiro atoms. The van der Waals surface area contributed by atoms with Gasteiger partial charge in [0.05, 0.1) is 33.6 Å². The van der Waals surface area contributed by atoms with Crippen LogP contribution in [0.25, 0.3) is 88.6 Å². The van der Waals surface area contributed by atoms with Crippen LogP contribution < -0.4 is 9.80 Å². The number of rotatable bonds is 15. The molecule has 16 aromatic rings. The van der Waals surface area contributed by atoms with Crippen LogP contribution in [-0.2, 0) is 23.7 Å². The van der Waals surface area contributed by atoms with Gasteiger partial charge in [0.1, 0.15) is 0 Å². The van der Waals surface area contributed by atoms with Gasteiger partial charge in [0.25, 0.3) is 0 Å². The monoisotopic (exact) mass is 1280 g/mol. The lowest BCUT2D eigenvalue weighted by molar-refractivity contribution is 0.629. The lowest BCUT2D eigenvalue weighted by atomic mass is 9.68. The van der Waals surface area contributed by atoms with E-state index >= 15 is 0 Å². The number of aryl methyl sites for hydroxylation is 2. The van der Waals surface area contributed by atoms with Gasteiger partial charge in [-0.2, -0.15) is 0 Å². The fourth-order valence-corrected chi connectivity index (χ4v) is 17.2. The van der Waals surface area contributed by atoms with E-state index in [0.717, 1.165) is 68.9 Å². The van der Waals surface area contributed by atoms with Gasteiger partial charge in [0, 0.05) is 32.9 Å². The molecule has 2 atom stereocenters. The first kappa shape index (κ1) is 60.1. The van der Waals surface area contributed by atoms with E-state index in [4.69, 9.17) is 0 Å². The number of hydrogen-bond acceptors (Lipinski definition) is 2. The third-order valence-corrected chi connectivity index (χ3v) is 21.8. The fourth-order valence-electron chi connectivity index (χ4n) is 17.2. The second-order valence-electron chi connectivity index (χ2n) is 27.4. The van der Waals surface area contributed by atoms with Crippen molar-refractivity contribution in [3.63, 3.8) is 0 Å². The highest BCUT2D eigenvalue weighted by atomic mass is 15.2. The van der Waals surface area contributed by atoms with Crippen LogP contribution in [0.2, 0.25) is 0 Å². The van der Waals surface area contributed by atoms with Crippen LogP contribution in [0.4, 0.5) is 34.1 Å². The van der Waals surface area contributed by atoms with Gasteiger partial charge in [-0.15, -0.1) is 0 Å². The first-order valence-electron chi connectivity index (χ1n) is 34.9. The third-order valence-electron chi connectivity index (χ3n) is 21.8. The Balaban J connectivity index is 0.829. The van der Waals surface area contributed by atoms with Gasteiger partial charge in [-0.05, 0) is 186 Å². The summed E-state index contributed by atoms with van der Waals surface area (Å²) in [6, 6.07) is 128. The highest BCUT2D eigenvalue weighted by molar-refractivity contribution is 6.15. The largest absolute Gasteiger partial charge is 0.309 e. The standard InChI is InChI=1S/C98H72N2/c1-5-67-43-47-69(48-44-67)63-97(73-29-19-23-65(3)59-73)89-39-17-15-35-83(89)85-53-51-75(61-91(85)97)99(93-41-21-27-71-25-7-9-31-77(71)93)95-57-55-81(79-33-11-13-37-87(79)95)82-56-58-96(88-38-14-12-34-80(82)88)100(94-42-22-28-72-26-8-10-32-78(72)94)76-52-54-86-84-36-16-18-40-90(84)98(92(86)62-76,74-30-20-24-66(4)60-74)64-70-49-45-68(6-2)46-50-70/h5-62H,1-2,63-64H2,3-4H3. The molecule has 18 rings (SSSR count). The van der Waals surface area contributed by atoms with Crippen LogP contribution in [0.1, 0.15) is 66.8 Å². The molecule has 2 aliphatic rings. The molecule has 0 aliphatic heterocycles. The van der Waals surface area contributed by atoms with E-state index in [0.29, 0.717) is 0 Å². The van der Waals surface area contributed by atoms with E-state index in [1.165, 1.54) is 121 Å². The van der Waals surface area contributed by atoms with Crippen molar-refractivity contribution in [2.75, 3.05) is 9.80 Å². The van der Waals surface area contributed by atoms with E-state index in [1.54, 1.807) is 0 Å². The Morgan fingerprint density at radius 2 is 0.610 bits per heavy atom. The van der Waals surface area contributed by atoms with Crippen LogP contribution in [0.3, 0.4) is 0 Å². The molecule has 0 aromatic heterocycles. The molecule has 474 valence electrons. The van der Waals surface area contributed by atoms with Crippen molar-refractivity contribution in [1.82, 2.24) is 0 Å². The minimum Gasteiger partial charge on any atom is -0.309 e. The summed E-state index contributed by atoms with van der Waals surface area (Å²) in [4.78, 5) is 5.09. The molecule has 2 aliphatic carbocycles. The molecule has 2 unspecified atom stereocenters. The Bertz CT molecular complexity index is 5580. The minimum atomic E-state index is -0.506. The number of fused-ring (bicyclic) bond motifs is 10. The zero-order valence-electron chi connectivity index (χ0n) is 56.2. The van der Waals surface area contributed by atoms with Crippen LogP contribution >= 0.6 is 0 Å². The van der Waals surface area contributed by atoms with Gasteiger partial charge in [0.2, 0.25) is 0 Å². The molecule has 0 amide bonds. The molecular formula is C98H72N2. The topological polar surface area (TPSA) is 6.48 Å². The van der Waals surface area contributed by atoms with Crippen molar-refractivity contribution in [3.8, 4) is 33.4 Å². The maximum Gasteiger partial charge on any atom is 0.0540 e. The molecule has 0 saturated heterocycles. The number of nitrogens with zero attached hydrogens (tertiary/aromatic N) is 2. The average Bonchev–Trinajstić information content (AvgIpc) is 1.54. The second kappa shape index (κ2) is 24.3. The van der Waals surface area contributed by atoms with E-state index in [1.807, 2.05) is 12.2 Å². The second-order valence-corrected chi connectivity index (χ2v) is 27.4. The van der Waals surface area contributed by atoms with Crippen molar-refractivity contribution in [3.05, 3.63) is 420 Å². The molecule has 2 nitrogen and oxygen atoms in total. The Kier molecular flexibility index (Phi) is 14.6. The Morgan fingerprint density at radius 3 is 1.03 bits per heavy atom. The summed E-state index contributed by atoms with van der Waals surface area (Å²) < 4.78 is 0. The predicted molar refractivity (Wildman–Crippen MR) is 425 cm³/mol. The zero-order valence-corrected chi connectivity index (χ0v) is 56.2. The number of anilines is 6. The van der Waals surface area contributed by atoms with Gasteiger partial charge in [-0.3, -0.25) is 0 Å². The molecule has 100 heavy (non-hydrogen) atoms. The highest BCUT2D eigenvalue weighted by Crippen LogP contribution is 2.59. The molecular weight excluding hydrogens is 1210 g/mol. The quantitative estimate of drug-likeness (QED) is 0.101. The number of benzene rings is 16. The first-order chi connectivity index (χ1) is 49.3. The lowest BCUT2D eigenvalue weighted by Crippen LogP contribution is -2.30. The van der Waals surface area contributed by atoms with Crippen LogP contribution in [-0.4, -0.2) is 0 Å². The third kappa shape index (κ3) is 9.69. The zero-order chi connectivity index (χ0) is 67.1. The molecule has 0 saturated carbocycles. The highest BCUT2D eigenvalue weighted by Gasteiger charge is 2.47. The van der Waals surface area contributed by atoms with Crippen molar-refractivity contribution < 1.29 is 0 Å². The first-order valence-corrected chi connectivity index (χ1v) is 34.9. The average molecular weight is 1280 g/mol. The molecule has 0 N–H and O–H groups in total. The maximum atomic E-state index is 4.10. The van der Waals surface area contributed by atoms with E-state index in [2.05, 4.69) is 377 Å². The van der Waals surface area contributed by atoms with Crippen LogP contribution in [0, 0.1) is 13.8 Å². The minimum absolute atomic E-state index is 0.506. The van der Waals surface area contributed by atoms with E-state index in [9.17, 15) is 0 Å². The smallest absolute Gasteiger partial charge is 0.0540 e. The summed E-state index contributed by atoms with van der Waals surface area (Å²) in [7, 11) is 0. The molecule has 2 heteroatoms. The van der Waals surface area contributed by atoms with Crippen LogP contribution in [0.5, 0.6) is 0 Å². The predicted octanol–water partition coefficient (Wildman–Crippen LogP) is 25.9. The van der Waals surface area contributed by atoms with Gasteiger partial charge < -0.3 is 9.80 Å². The summed E-state index contributed by atoms with van der Waals surface area (Å²) in [5, 5.41) is 9.38. The Labute approximate surface area is 586 Å². The Morgan fingerprint density at radius 1 is 0.270 bits per heavy atom. The molecule has 0 bridgehead atoms. The van der Waals surface area contributed by atoms with Crippen molar-refractivity contribution >= 4 is 89.4 Å². The van der Waals surface area contributed by atoms with E-state index < -0.39 is 10.8 Å². The Hall–Kier alpha value is -12.4. The van der Waals surface area contributed by atoms with Gasteiger partial charge >= 0.3 is 0 Å². The van der Waals surface area contributed by atoms with E-state index in [-0.39, 0.29) is 0 Å². The molecule has 16 aromatic carbocycles. The van der Waals surface area contributed by atoms with Crippen molar-refractivity contribution in [2.45, 2.75) is 37.5 Å². The summed E-state index contributed by atoms with van der Waals surface area (Å²) in [5.41, 5.74) is 28.1. The van der Waals surface area contributed by atoms with Gasteiger partial charge in [0.15, 0.2) is 0 Å². The van der Waals surface area contributed by atoms with Gasteiger partial charge in [-0.1, -0.05) is 328 Å². The summed E-state index contributed by atoms with van der Waals surface area (Å²) >= 11 is 0. The normalized spacial score (nSPS) is 14.9. The maximum absolute atomic E-state index is 4.10. The lowest BCUT2D eigenvalue weighted by Gasteiger charge is -2.35. The molecule has 0 fully saturated rings. The molecule has 0 heterocycles. The number of hydrogen-bond donors (Lipinski definition) is 0.